The number of aliphatic hydroxyl groups excluding tert-OH is 1. The highest BCUT2D eigenvalue weighted by atomic mass is 16.5. The van der Waals surface area contributed by atoms with E-state index in [1.54, 1.807) is 7.11 Å². The topological polar surface area (TPSA) is 55.5 Å². The Morgan fingerprint density at radius 1 is 1.28 bits per heavy atom. The lowest BCUT2D eigenvalue weighted by Crippen LogP contribution is -2.34. The number of nitrogens with two attached hydrogens (primary N) is 1. The molecule has 0 heterocycles. The Kier molecular flexibility index (Phi) is 4.25. The smallest absolute Gasteiger partial charge is 0.118 e. The van der Waals surface area contributed by atoms with Crippen molar-refractivity contribution in [3.8, 4) is 5.75 Å². The Morgan fingerprint density at radius 3 is 2.33 bits per heavy atom. The molecule has 1 aliphatic carbocycles. The van der Waals surface area contributed by atoms with Crippen molar-refractivity contribution >= 4 is 0 Å². The van der Waals surface area contributed by atoms with Crippen LogP contribution in [0.4, 0.5) is 0 Å². The average Bonchev–Trinajstić information content (AvgIpc) is 2.90. The van der Waals surface area contributed by atoms with Crippen LogP contribution in [0.1, 0.15) is 37.2 Å². The van der Waals surface area contributed by atoms with Crippen molar-refractivity contribution < 1.29 is 9.84 Å². The largest absolute Gasteiger partial charge is 0.497 e. The van der Waals surface area contributed by atoms with Gasteiger partial charge in [0.05, 0.1) is 7.11 Å². The summed E-state index contributed by atoms with van der Waals surface area (Å²) in [6.45, 7) is 0.827. The third kappa shape index (κ3) is 2.38. The van der Waals surface area contributed by atoms with Gasteiger partial charge in [-0.25, -0.2) is 0 Å². The molecule has 1 saturated carbocycles. The van der Waals surface area contributed by atoms with Crippen molar-refractivity contribution in [1.29, 1.82) is 0 Å². The van der Waals surface area contributed by atoms with Gasteiger partial charge in [0.1, 0.15) is 5.75 Å². The second kappa shape index (κ2) is 5.72. The third-order valence-corrected chi connectivity index (χ3v) is 4.41. The maximum absolute atomic E-state index is 9.80. The SMILES string of the molecule is COc1ccc([C@H](CN)C2(CO)CCCC2)cc1. The Hall–Kier alpha value is -1.06. The predicted octanol–water partition coefficient (Wildman–Crippen LogP) is 2.29. The van der Waals surface area contributed by atoms with Crippen molar-refractivity contribution in [2.75, 3.05) is 20.3 Å². The number of hydrogen-bond acceptors (Lipinski definition) is 3. The molecule has 1 aromatic carbocycles. The monoisotopic (exact) mass is 249 g/mol. The summed E-state index contributed by atoms with van der Waals surface area (Å²) in [4.78, 5) is 0. The summed E-state index contributed by atoms with van der Waals surface area (Å²) in [6.07, 6.45) is 4.56. The first-order valence-electron chi connectivity index (χ1n) is 6.70. The summed E-state index contributed by atoms with van der Waals surface area (Å²) in [5.74, 6) is 1.11. The molecule has 2 rings (SSSR count). The number of aliphatic hydroxyl groups is 1. The molecule has 1 aromatic rings. The number of methoxy groups -OCH3 is 1. The van der Waals surface area contributed by atoms with E-state index in [0.29, 0.717) is 6.54 Å². The lowest BCUT2D eigenvalue weighted by molar-refractivity contribution is 0.102. The second-order valence-electron chi connectivity index (χ2n) is 5.29. The standard InChI is InChI=1S/C15H23NO2/c1-18-13-6-4-12(5-7-13)14(10-16)15(11-17)8-2-3-9-15/h4-7,14,17H,2-3,8-11,16H2,1H3/t14-/m0/s1. The van der Waals surface area contributed by atoms with Gasteiger partial charge in [-0.1, -0.05) is 25.0 Å². The zero-order chi connectivity index (χ0) is 13.0. The molecule has 3 nitrogen and oxygen atoms in total. The van der Waals surface area contributed by atoms with Gasteiger partial charge in [0.25, 0.3) is 0 Å². The minimum atomic E-state index is -0.0106. The summed E-state index contributed by atoms with van der Waals surface area (Å²) < 4.78 is 5.18. The van der Waals surface area contributed by atoms with Crippen LogP contribution in [0.5, 0.6) is 5.75 Å². The molecule has 100 valence electrons. The fraction of sp³-hybridized carbons (Fsp3) is 0.600. The van der Waals surface area contributed by atoms with Crippen molar-refractivity contribution in [3.05, 3.63) is 29.8 Å². The van der Waals surface area contributed by atoms with Crippen LogP contribution < -0.4 is 10.5 Å². The molecule has 0 aromatic heterocycles. The van der Waals surface area contributed by atoms with Crippen molar-refractivity contribution in [2.45, 2.75) is 31.6 Å². The minimum absolute atomic E-state index is 0.0106. The summed E-state index contributed by atoms with van der Waals surface area (Å²) in [5.41, 5.74) is 7.18. The molecule has 3 heteroatoms. The first-order valence-corrected chi connectivity index (χ1v) is 6.70. The number of rotatable bonds is 5. The highest BCUT2D eigenvalue weighted by molar-refractivity contribution is 5.31. The molecule has 0 unspecified atom stereocenters. The third-order valence-electron chi connectivity index (χ3n) is 4.41. The molecule has 0 bridgehead atoms. The lowest BCUT2D eigenvalue weighted by atomic mass is 9.71. The van der Waals surface area contributed by atoms with E-state index in [0.717, 1.165) is 18.6 Å². The van der Waals surface area contributed by atoms with E-state index >= 15 is 0 Å². The fourth-order valence-corrected chi connectivity index (χ4v) is 3.27. The molecular formula is C15H23NO2. The fourth-order valence-electron chi connectivity index (χ4n) is 3.27. The van der Waals surface area contributed by atoms with Gasteiger partial charge in [-0.3, -0.25) is 0 Å². The molecule has 1 aliphatic rings. The number of hydrogen-bond donors (Lipinski definition) is 2. The highest BCUT2D eigenvalue weighted by Gasteiger charge is 2.40. The van der Waals surface area contributed by atoms with E-state index in [1.807, 2.05) is 12.1 Å². The average molecular weight is 249 g/mol. The lowest BCUT2D eigenvalue weighted by Gasteiger charge is -2.35. The number of ether oxygens (including phenoxy) is 1. The normalized spacial score (nSPS) is 19.7. The van der Waals surface area contributed by atoms with Gasteiger partial charge in [-0.2, -0.15) is 0 Å². The molecule has 1 atom stereocenters. The Balaban J connectivity index is 2.26. The molecule has 0 radical (unpaired) electrons. The van der Waals surface area contributed by atoms with Crippen molar-refractivity contribution in [3.63, 3.8) is 0 Å². The van der Waals surface area contributed by atoms with Crippen LogP contribution in [0.3, 0.4) is 0 Å². The van der Waals surface area contributed by atoms with Gasteiger partial charge in [-0.05, 0) is 37.1 Å². The van der Waals surface area contributed by atoms with Crippen LogP contribution in [0.25, 0.3) is 0 Å². The maximum Gasteiger partial charge on any atom is 0.118 e. The van der Waals surface area contributed by atoms with Gasteiger partial charge >= 0.3 is 0 Å². The van der Waals surface area contributed by atoms with E-state index < -0.39 is 0 Å². The van der Waals surface area contributed by atoms with Crippen molar-refractivity contribution in [1.82, 2.24) is 0 Å². The molecule has 0 aliphatic heterocycles. The van der Waals surface area contributed by atoms with Crippen LogP contribution in [-0.4, -0.2) is 25.4 Å². The zero-order valence-corrected chi connectivity index (χ0v) is 11.1. The second-order valence-corrected chi connectivity index (χ2v) is 5.29. The molecule has 0 spiro atoms. The van der Waals surface area contributed by atoms with Crippen LogP contribution in [0, 0.1) is 5.41 Å². The summed E-state index contributed by atoms with van der Waals surface area (Å²) in [5, 5.41) is 9.80. The first kappa shape index (κ1) is 13.4. The van der Waals surface area contributed by atoms with Gasteiger partial charge in [-0.15, -0.1) is 0 Å². The van der Waals surface area contributed by atoms with E-state index in [1.165, 1.54) is 18.4 Å². The molecule has 3 N–H and O–H groups in total. The van der Waals surface area contributed by atoms with E-state index in [-0.39, 0.29) is 17.9 Å². The van der Waals surface area contributed by atoms with Gasteiger partial charge in [0, 0.05) is 17.9 Å². The van der Waals surface area contributed by atoms with Crippen LogP contribution in [-0.2, 0) is 0 Å². The summed E-state index contributed by atoms with van der Waals surface area (Å²) in [6, 6.07) is 8.09. The van der Waals surface area contributed by atoms with Crippen LogP contribution >= 0.6 is 0 Å². The van der Waals surface area contributed by atoms with E-state index in [9.17, 15) is 5.11 Å². The molecule has 1 fully saturated rings. The maximum atomic E-state index is 9.80. The Bertz CT molecular complexity index is 369. The Labute approximate surface area is 109 Å². The predicted molar refractivity (Wildman–Crippen MR) is 72.8 cm³/mol. The first-order chi connectivity index (χ1) is 8.75. The summed E-state index contributed by atoms with van der Waals surface area (Å²) in [7, 11) is 1.67. The zero-order valence-electron chi connectivity index (χ0n) is 11.1. The summed E-state index contributed by atoms with van der Waals surface area (Å²) >= 11 is 0. The van der Waals surface area contributed by atoms with E-state index in [2.05, 4.69) is 12.1 Å². The van der Waals surface area contributed by atoms with E-state index in [4.69, 9.17) is 10.5 Å². The van der Waals surface area contributed by atoms with Crippen LogP contribution in [0.2, 0.25) is 0 Å². The Morgan fingerprint density at radius 2 is 1.89 bits per heavy atom. The van der Waals surface area contributed by atoms with Crippen LogP contribution in [0.15, 0.2) is 24.3 Å². The molecule has 0 saturated heterocycles. The number of benzene rings is 1. The molecule has 18 heavy (non-hydrogen) atoms. The van der Waals surface area contributed by atoms with Gasteiger partial charge in [0.15, 0.2) is 0 Å². The van der Waals surface area contributed by atoms with Gasteiger partial charge < -0.3 is 15.6 Å². The highest BCUT2D eigenvalue weighted by Crippen LogP contribution is 2.48. The quantitative estimate of drug-likeness (QED) is 0.842. The van der Waals surface area contributed by atoms with Crippen molar-refractivity contribution in [2.24, 2.45) is 11.1 Å². The molecule has 0 amide bonds. The minimum Gasteiger partial charge on any atom is -0.497 e. The molecular weight excluding hydrogens is 226 g/mol. The van der Waals surface area contributed by atoms with Gasteiger partial charge in [0.2, 0.25) is 0 Å².